The van der Waals surface area contributed by atoms with E-state index in [0.29, 0.717) is 0 Å². The molecule has 94 valence electrons. The molecule has 1 aliphatic rings. The first-order chi connectivity index (χ1) is 8.22. The van der Waals surface area contributed by atoms with Crippen LogP contribution in [0.15, 0.2) is 22.5 Å². The summed E-state index contributed by atoms with van der Waals surface area (Å²) in [5.41, 5.74) is 0.264. The number of thiophene rings is 1. The third-order valence-electron chi connectivity index (χ3n) is 2.82. The molecule has 5 heteroatoms. The molecule has 0 saturated carbocycles. The number of ether oxygens (including phenoxy) is 1. The van der Waals surface area contributed by atoms with Crippen LogP contribution in [0.3, 0.4) is 0 Å². The SMILES string of the molecule is CN=C(NCc1cccs1)NCC1(C)COC1. The zero-order valence-electron chi connectivity index (χ0n) is 10.3. The van der Waals surface area contributed by atoms with Gasteiger partial charge in [0.1, 0.15) is 0 Å². The molecule has 0 unspecified atom stereocenters. The fraction of sp³-hybridized carbons (Fsp3) is 0.583. The van der Waals surface area contributed by atoms with E-state index in [4.69, 9.17) is 4.74 Å². The summed E-state index contributed by atoms with van der Waals surface area (Å²) >= 11 is 1.75. The first-order valence-corrected chi connectivity index (χ1v) is 6.64. The molecule has 1 aromatic heterocycles. The molecule has 0 bridgehead atoms. The molecule has 0 amide bonds. The monoisotopic (exact) mass is 253 g/mol. The predicted molar refractivity (Wildman–Crippen MR) is 71.4 cm³/mol. The zero-order chi connectivity index (χ0) is 12.1. The Morgan fingerprint density at radius 1 is 1.53 bits per heavy atom. The second-order valence-corrected chi connectivity index (χ2v) is 5.69. The van der Waals surface area contributed by atoms with Crippen LogP contribution in [0.5, 0.6) is 0 Å². The summed E-state index contributed by atoms with van der Waals surface area (Å²) in [6.45, 7) is 5.61. The topological polar surface area (TPSA) is 45.7 Å². The summed E-state index contributed by atoms with van der Waals surface area (Å²) in [5, 5.41) is 8.72. The Morgan fingerprint density at radius 3 is 2.88 bits per heavy atom. The lowest BCUT2D eigenvalue weighted by molar-refractivity contribution is -0.0971. The summed E-state index contributed by atoms with van der Waals surface area (Å²) in [6.07, 6.45) is 0. The molecule has 0 aliphatic carbocycles. The first-order valence-electron chi connectivity index (χ1n) is 5.76. The smallest absolute Gasteiger partial charge is 0.191 e. The lowest BCUT2D eigenvalue weighted by Gasteiger charge is -2.38. The van der Waals surface area contributed by atoms with Gasteiger partial charge in [0.05, 0.1) is 19.8 Å². The van der Waals surface area contributed by atoms with Gasteiger partial charge in [0.25, 0.3) is 0 Å². The highest BCUT2D eigenvalue weighted by Gasteiger charge is 2.33. The maximum Gasteiger partial charge on any atom is 0.191 e. The van der Waals surface area contributed by atoms with Crippen LogP contribution >= 0.6 is 11.3 Å². The van der Waals surface area contributed by atoms with Crippen molar-refractivity contribution in [2.24, 2.45) is 10.4 Å². The van der Waals surface area contributed by atoms with Crippen molar-refractivity contribution in [3.8, 4) is 0 Å². The first kappa shape index (κ1) is 12.4. The number of nitrogens with zero attached hydrogens (tertiary/aromatic N) is 1. The van der Waals surface area contributed by atoms with E-state index < -0.39 is 0 Å². The fourth-order valence-corrected chi connectivity index (χ4v) is 2.30. The highest BCUT2D eigenvalue weighted by Crippen LogP contribution is 2.24. The van der Waals surface area contributed by atoms with E-state index in [9.17, 15) is 0 Å². The van der Waals surface area contributed by atoms with Crippen molar-refractivity contribution < 1.29 is 4.74 Å². The molecule has 1 aliphatic heterocycles. The molecule has 4 nitrogen and oxygen atoms in total. The molecule has 2 N–H and O–H groups in total. The van der Waals surface area contributed by atoms with Gasteiger partial charge in [0.2, 0.25) is 0 Å². The van der Waals surface area contributed by atoms with Gasteiger partial charge < -0.3 is 15.4 Å². The summed E-state index contributed by atoms with van der Waals surface area (Å²) in [7, 11) is 1.80. The predicted octanol–water partition coefficient (Wildman–Crippen LogP) is 1.45. The van der Waals surface area contributed by atoms with Crippen molar-refractivity contribution in [3.05, 3.63) is 22.4 Å². The van der Waals surface area contributed by atoms with E-state index in [1.165, 1.54) is 4.88 Å². The van der Waals surface area contributed by atoms with Gasteiger partial charge in [-0.05, 0) is 11.4 Å². The van der Waals surface area contributed by atoms with Crippen LogP contribution in [-0.4, -0.2) is 32.8 Å². The quantitative estimate of drug-likeness (QED) is 0.630. The molecule has 0 aromatic carbocycles. The Kier molecular flexibility index (Phi) is 4.02. The van der Waals surface area contributed by atoms with Crippen LogP contribution in [0.1, 0.15) is 11.8 Å². The number of hydrogen-bond donors (Lipinski definition) is 2. The van der Waals surface area contributed by atoms with Gasteiger partial charge in [-0.3, -0.25) is 4.99 Å². The van der Waals surface area contributed by atoms with Crippen LogP contribution in [0.2, 0.25) is 0 Å². The summed E-state index contributed by atoms with van der Waals surface area (Å²) < 4.78 is 5.22. The molecule has 1 saturated heterocycles. The van der Waals surface area contributed by atoms with E-state index in [-0.39, 0.29) is 5.41 Å². The Balaban J connectivity index is 1.73. The van der Waals surface area contributed by atoms with Crippen molar-refractivity contribution in [1.82, 2.24) is 10.6 Å². The van der Waals surface area contributed by atoms with E-state index in [2.05, 4.69) is 40.1 Å². The van der Waals surface area contributed by atoms with Crippen LogP contribution in [0, 0.1) is 5.41 Å². The van der Waals surface area contributed by atoms with Crippen LogP contribution in [0.4, 0.5) is 0 Å². The maximum atomic E-state index is 5.22. The third kappa shape index (κ3) is 3.44. The Hall–Kier alpha value is -1.07. The molecule has 0 spiro atoms. The van der Waals surface area contributed by atoms with Crippen LogP contribution in [0.25, 0.3) is 0 Å². The Bertz CT molecular complexity index is 371. The fourth-order valence-electron chi connectivity index (χ4n) is 1.65. The number of rotatable bonds is 4. The van der Waals surface area contributed by atoms with Gasteiger partial charge in [-0.25, -0.2) is 0 Å². The van der Waals surface area contributed by atoms with Crippen molar-refractivity contribution in [2.45, 2.75) is 13.5 Å². The molecule has 0 radical (unpaired) electrons. The minimum absolute atomic E-state index is 0.264. The van der Waals surface area contributed by atoms with Gasteiger partial charge in [0, 0.05) is 23.9 Å². The van der Waals surface area contributed by atoms with Crippen molar-refractivity contribution >= 4 is 17.3 Å². The molecule has 2 heterocycles. The lowest BCUT2D eigenvalue weighted by Crippen LogP contribution is -2.50. The summed E-state index contributed by atoms with van der Waals surface area (Å²) in [6, 6.07) is 4.18. The second-order valence-electron chi connectivity index (χ2n) is 4.66. The van der Waals surface area contributed by atoms with Crippen molar-refractivity contribution in [3.63, 3.8) is 0 Å². The molecule has 0 atom stereocenters. The van der Waals surface area contributed by atoms with Crippen LogP contribution < -0.4 is 10.6 Å². The van der Waals surface area contributed by atoms with Gasteiger partial charge in [-0.15, -0.1) is 11.3 Å². The average Bonchev–Trinajstić information content (AvgIpc) is 2.80. The van der Waals surface area contributed by atoms with Gasteiger partial charge in [0.15, 0.2) is 5.96 Å². The van der Waals surface area contributed by atoms with E-state index >= 15 is 0 Å². The standard InChI is InChI=1S/C12H19N3OS/c1-12(8-16-9-12)7-15-11(13-2)14-6-10-4-3-5-17-10/h3-5H,6-9H2,1-2H3,(H2,13,14,15). The molecular weight excluding hydrogens is 234 g/mol. The minimum atomic E-state index is 0.264. The van der Waals surface area contributed by atoms with Gasteiger partial charge in [-0.1, -0.05) is 13.0 Å². The van der Waals surface area contributed by atoms with E-state index in [1.54, 1.807) is 18.4 Å². The highest BCUT2D eigenvalue weighted by molar-refractivity contribution is 7.09. The van der Waals surface area contributed by atoms with Gasteiger partial charge >= 0.3 is 0 Å². The molecular formula is C12H19N3OS. The second kappa shape index (κ2) is 5.51. The Morgan fingerprint density at radius 2 is 2.35 bits per heavy atom. The highest BCUT2D eigenvalue weighted by atomic mass is 32.1. The lowest BCUT2D eigenvalue weighted by atomic mass is 9.89. The summed E-state index contributed by atoms with van der Waals surface area (Å²) in [5.74, 6) is 0.853. The molecule has 2 rings (SSSR count). The maximum absolute atomic E-state index is 5.22. The van der Waals surface area contributed by atoms with E-state index in [0.717, 1.165) is 32.3 Å². The third-order valence-corrected chi connectivity index (χ3v) is 3.69. The number of nitrogens with one attached hydrogen (secondary N) is 2. The molecule has 1 fully saturated rings. The minimum Gasteiger partial charge on any atom is -0.380 e. The number of aliphatic imine (C=N–C) groups is 1. The zero-order valence-corrected chi connectivity index (χ0v) is 11.1. The molecule has 17 heavy (non-hydrogen) atoms. The van der Waals surface area contributed by atoms with Crippen molar-refractivity contribution in [2.75, 3.05) is 26.8 Å². The van der Waals surface area contributed by atoms with Gasteiger partial charge in [-0.2, -0.15) is 0 Å². The number of hydrogen-bond acceptors (Lipinski definition) is 3. The van der Waals surface area contributed by atoms with Crippen molar-refractivity contribution in [1.29, 1.82) is 0 Å². The molecule has 1 aromatic rings. The van der Waals surface area contributed by atoms with E-state index in [1.807, 2.05) is 0 Å². The van der Waals surface area contributed by atoms with Crippen LogP contribution in [-0.2, 0) is 11.3 Å². The Labute approximate surface area is 106 Å². The largest absolute Gasteiger partial charge is 0.380 e. The number of guanidine groups is 1. The summed E-state index contributed by atoms with van der Waals surface area (Å²) in [4.78, 5) is 5.52. The normalized spacial score (nSPS) is 18.6. The average molecular weight is 253 g/mol.